The van der Waals surface area contributed by atoms with Crippen LogP contribution in [0.1, 0.15) is 21.7 Å². The SMILES string of the molecule is Cc1cc(C(=O)C[NH+]2CCN(c3ccccc3O)CC2)c(C)n1C. The van der Waals surface area contributed by atoms with Crippen molar-refractivity contribution in [2.75, 3.05) is 37.6 Å². The molecule has 128 valence electrons. The summed E-state index contributed by atoms with van der Waals surface area (Å²) in [5, 5.41) is 9.98. The van der Waals surface area contributed by atoms with Gasteiger partial charge in [0.2, 0.25) is 5.78 Å². The van der Waals surface area contributed by atoms with Crippen molar-refractivity contribution in [2.24, 2.45) is 7.05 Å². The summed E-state index contributed by atoms with van der Waals surface area (Å²) in [7, 11) is 2.00. The van der Waals surface area contributed by atoms with Gasteiger partial charge in [-0.25, -0.2) is 0 Å². The van der Waals surface area contributed by atoms with E-state index in [0.717, 1.165) is 48.8 Å². The van der Waals surface area contributed by atoms with Gasteiger partial charge < -0.3 is 19.5 Å². The summed E-state index contributed by atoms with van der Waals surface area (Å²) in [6.07, 6.45) is 0. The van der Waals surface area contributed by atoms with Gasteiger partial charge in [-0.15, -0.1) is 0 Å². The van der Waals surface area contributed by atoms with Crippen LogP contribution in [-0.4, -0.2) is 48.2 Å². The number of aryl methyl sites for hydroxylation is 1. The molecule has 0 radical (unpaired) electrons. The van der Waals surface area contributed by atoms with Crippen LogP contribution < -0.4 is 9.80 Å². The van der Waals surface area contributed by atoms with Crippen molar-refractivity contribution in [1.29, 1.82) is 0 Å². The lowest BCUT2D eigenvalue weighted by Crippen LogP contribution is -3.15. The molecule has 0 spiro atoms. The van der Waals surface area contributed by atoms with Crippen LogP contribution in [0.2, 0.25) is 0 Å². The molecule has 5 heteroatoms. The first kappa shape index (κ1) is 16.6. The van der Waals surface area contributed by atoms with Crippen LogP contribution >= 0.6 is 0 Å². The number of para-hydroxylation sites is 2. The second kappa shape index (κ2) is 6.69. The molecule has 2 N–H and O–H groups in total. The zero-order chi connectivity index (χ0) is 17.3. The predicted molar refractivity (Wildman–Crippen MR) is 95.1 cm³/mol. The van der Waals surface area contributed by atoms with Gasteiger partial charge in [-0.05, 0) is 32.0 Å². The maximum absolute atomic E-state index is 12.6. The number of piperazine rings is 1. The van der Waals surface area contributed by atoms with Gasteiger partial charge in [0.25, 0.3) is 0 Å². The van der Waals surface area contributed by atoms with Crippen molar-refractivity contribution >= 4 is 11.5 Å². The number of rotatable bonds is 4. The fourth-order valence-electron chi connectivity index (χ4n) is 3.43. The van der Waals surface area contributed by atoms with Crippen molar-refractivity contribution in [1.82, 2.24) is 4.57 Å². The highest BCUT2D eigenvalue weighted by Gasteiger charge is 2.25. The van der Waals surface area contributed by atoms with E-state index in [1.54, 1.807) is 6.07 Å². The summed E-state index contributed by atoms with van der Waals surface area (Å²) >= 11 is 0. The van der Waals surface area contributed by atoms with E-state index >= 15 is 0 Å². The Kier molecular flexibility index (Phi) is 4.62. The molecule has 0 bridgehead atoms. The van der Waals surface area contributed by atoms with Crippen LogP contribution in [0.4, 0.5) is 5.69 Å². The molecule has 2 heterocycles. The molecule has 0 amide bonds. The quantitative estimate of drug-likeness (QED) is 0.821. The number of nitrogens with one attached hydrogen (secondary N) is 1. The van der Waals surface area contributed by atoms with Crippen molar-refractivity contribution in [3.63, 3.8) is 0 Å². The molecule has 0 aliphatic carbocycles. The zero-order valence-electron chi connectivity index (χ0n) is 14.7. The topological polar surface area (TPSA) is 49.9 Å². The number of ketones is 1. The fourth-order valence-corrected chi connectivity index (χ4v) is 3.43. The second-order valence-corrected chi connectivity index (χ2v) is 6.67. The van der Waals surface area contributed by atoms with E-state index in [9.17, 15) is 9.90 Å². The number of aromatic hydroxyl groups is 1. The standard InChI is InChI=1S/C19H25N3O2/c1-14-12-16(15(2)20(14)3)19(24)13-21-8-10-22(11-9-21)17-6-4-5-7-18(17)23/h4-7,12,23H,8-11,13H2,1-3H3/p+1. The molecule has 2 aromatic rings. The highest BCUT2D eigenvalue weighted by atomic mass is 16.3. The van der Waals surface area contributed by atoms with Crippen LogP contribution in [0.3, 0.4) is 0 Å². The van der Waals surface area contributed by atoms with Crippen LogP contribution in [-0.2, 0) is 7.05 Å². The number of benzene rings is 1. The van der Waals surface area contributed by atoms with Crippen LogP contribution in [0.15, 0.2) is 30.3 Å². The van der Waals surface area contributed by atoms with Crippen LogP contribution in [0.25, 0.3) is 0 Å². The van der Waals surface area contributed by atoms with E-state index < -0.39 is 0 Å². The lowest BCUT2D eigenvalue weighted by molar-refractivity contribution is -0.892. The number of carbonyl (C=O) groups excluding carboxylic acids is 1. The highest BCUT2D eigenvalue weighted by Crippen LogP contribution is 2.26. The van der Waals surface area contributed by atoms with E-state index in [1.807, 2.05) is 45.2 Å². The number of carbonyl (C=O) groups is 1. The van der Waals surface area contributed by atoms with Gasteiger partial charge in [-0.2, -0.15) is 0 Å². The fraction of sp³-hybridized carbons (Fsp3) is 0.421. The molecule has 0 atom stereocenters. The lowest BCUT2D eigenvalue weighted by Gasteiger charge is -2.33. The third-order valence-corrected chi connectivity index (χ3v) is 5.18. The summed E-state index contributed by atoms with van der Waals surface area (Å²) in [4.78, 5) is 16.1. The molecule has 1 aromatic carbocycles. The molecule has 0 unspecified atom stereocenters. The first-order valence-electron chi connectivity index (χ1n) is 8.50. The Morgan fingerprint density at radius 3 is 2.46 bits per heavy atom. The average molecular weight is 328 g/mol. The Morgan fingerprint density at radius 1 is 1.21 bits per heavy atom. The molecule has 1 saturated heterocycles. The highest BCUT2D eigenvalue weighted by molar-refractivity contribution is 5.98. The number of phenolic OH excluding ortho intramolecular Hbond substituents is 1. The summed E-state index contributed by atoms with van der Waals surface area (Å²) in [6, 6.07) is 9.44. The number of hydrogen-bond donors (Lipinski definition) is 2. The molecule has 5 nitrogen and oxygen atoms in total. The number of hydrogen-bond acceptors (Lipinski definition) is 3. The maximum Gasteiger partial charge on any atom is 0.218 e. The van der Waals surface area contributed by atoms with Gasteiger partial charge in [0.15, 0.2) is 0 Å². The van der Waals surface area contributed by atoms with Gasteiger partial charge in [-0.1, -0.05) is 12.1 Å². The Balaban J connectivity index is 1.60. The molecule has 1 fully saturated rings. The second-order valence-electron chi connectivity index (χ2n) is 6.67. The molecule has 0 saturated carbocycles. The van der Waals surface area contributed by atoms with E-state index in [1.165, 1.54) is 4.90 Å². The zero-order valence-corrected chi connectivity index (χ0v) is 14.7. The summed E-state index contributed by atoms with van der Waals surface area (Å²) in [6.45, 7) is 8.10. The van der Waals surface area contributed by atoms with Crippen molar-refractivity contribution in [2.45, 2.75) is 13.8 Å². The Bertz CT molecular complexity index is 743. The lowest BCUT2D eigenvalue weighted by atomic mass is 10.1. The molecule has 1 aromatic heterocycles. The Labute approximate surface area is 143 Å². The first-order valence-corrected chi connectivity index (χ1v) is 8.50. The number of aromatic nitrogens is 1. The predicted octanol–water partition coefficient (Wildman–Crippen LogP) is 0.935. The minimum atomic E-state index is 0.224. The van der Waals surface area contributed by atoms with Crippen molar-refractivity contribution in [3.05, 3.63) is 47.3 Å². The molecule has 24 heavy (non-hydrogen) atoms. The van der Waals surface area contributed by atoms with Crippen LogP contribution in [0, 0.1) is 13.8 Å². The number of anilines is 1. The average Bonchev–Trinajstić information content (AvgIpc) is 2.84. The molecule has 3 rings (SSSR count). The van der Waals surface area contributed by atoms with E-state index in [-0.39, 0.29) is 5.78 Å². The largest absolute Gasteiger partial charge is 0.506 e. The number of quaternary nitrogens is 1. The monoisotopic (exact) mass is 328 g/mol. The number of Topliss-reactive ketones (excluding diaryl/α,β-unsaturated/α-hetero) is 1. The first-order chi connectivity index (χ1) is 11.5. The number of nitrogens with zero attached hydrogens (tertiary/aromatic N) is 2. The Morgan fingerprint density at radius 2 is 1.88 bits per heavy atom. The van der Waals surface area contributed by atoms with Gasteiger partial charge in [0.05, 0.1) is 31.9 Å². The smallest absolute Gasteiger partial charge is 0.218 e. The van der Waals surface area contributed by atoms with Gasteiger partial charge in [-0.3, -0.25) is 4.79 Å². The van der Waals surface area contributed by atoms with Crippen LogP contribution in [0.5, 0.6) is 5.75 Å². The summed E-state index contributed by atoms with van der Waals surface area (Å²) < 4.78 is 2.07. The molecule has 1 aliphatic rings. The third-order valence-electron chi connectivity index (χ3n) is 5.18. The van der Waals surface area contributed by atoms with E-state index in [4.69, 9.17) is 0 Å². The van der Waals surface area contributed by atoms with Crippen molar-refractivity contribution < 1.29 is 14.8 Å². The Hall–Kier alpha value is -2.27. The summed E-state index contributed by atoms with van der Waals surface area (Å²) in [5.74, 6) is 0.551. The molecular weight excluding hydrogens is 302 g/mol. The van der Waals surface area contributed by atoms with Gasteiger partial charge >= 0.3 is 0 Å². The number of phenols is 1. The van der Waals surface area contributed by atoms with Gasteiger partial charge in [0, 0.05) is 24.0 Å². The maximum atomic E-state index is 12.6. The minimum Gasteiger partial charge on any atom is -0.506 e. The van der Waals surface area contributed by atoms with Gasteiger partial charge in [0.1, 0.15) is 12.3 Å². The van der Waals surface area contributed by atoms with E-state index in [2.05, 4.69) is 9.47 Å². The third kappa shape index (κ3) is 3.17. The molecule has 1 aliphatic heterocycles. The van der Waals surface area contributed by atoms with Crippen molar-refractivity contribution in [3.8, 4) is 5.75 Å². The minimum absolute atomic E-state index is 0.224. The van der Waals surface area contributed by atoms with E-state index in [0.29, 0.717) is 12.3 Å². The normalized spacial score (nSPS) is 15.7. The summed E-state index contributed by atoms with van der Waals surface area (Å²) in [5.41, 5.74) is 3.91. The molecular formula is C19H26N3O2+.